The molecule has 1 heterocycles. The zero-order valence-corrected chi connectivity index (χ0v) is 16.3. The molecule has 1 N–H and O–H groups in total. The molecule has 0 radical (unpaired) electrons. The lowest BCUT2D eigenvalue weighted by Gasteiger charge is -2.19. The van der Waals surface area contributed by atoms with Crippen LogP contribution < -0.4 is 5.32 Å². The van der Waals surface area contributed by atoms with E-state index >= 15 is 0 Å². The fourth-order valence-electron chi connectivity index (χ4n) is 2.66. The number of carbonyl (C=O) groups is 1. The molecule has 0 spiro atoms. The summed E-state index contributed by atoms with van der Waals surface area (Å²) in [5.41, 5.74) is 4.16. The van der Waals surface area contributed by atoms with Crippen molar-refractivity contribution in [2.24, 2.45) is 0 Å². The number of carbonyl (C=O) groups excluding carboxylic acids is 1. The molecule has 4 heteroatoms. The number of hydrogen-bond acceptors (Lipinski definition) is 3. The van der Waals surface area contributed by atoms with E-state index in [0.29, 0.717) is 12.1 Å². The molecule has 1 aromatic heterocycles. The number of benzene rings is 2. The Morgan fingerprint density at radius 2 is 1.73 bits per heavy atom. The minimum atomic E-state index is -0.0380. The van der Waals surface area contributed by atoms with Crippen molar-refractivity contribution in [3.8, 4) is 10.6 Å². The molecule has 134 valence electrons. The number of rotatable bonds is 5. The van der Waals surface area contributed by atoms with E-state index in [2.05, 4.69) is 48.6 Å². The maximum Gasteiger partial charge on any atom is 0.251 e. The van der Waals surface area contributed by atoms with Crippen molar-refractivity contribution in [1.29, 1.82) is 0 Å². The summed E-state index contributed by atoms with van der Waals surface area (Å²) in [7, 11) is 0. The SMILES string of the molecule is CC(C)(C)c1ccc(C(=O)NCCc2csc(-c3ccccc3)n2)cc1. The fourth-order valence-corrected chi connectivity index (χ4v) is 3.52. The predicted molar refractivity (Wildman–Crippen MR) is 109 cm³/mol. The Hall–Kier alpha value is -2.46. The average Bonchev–Trinajstić information content (AvgIpc) is 3.11. The van der Waals surface area contributed by atoms with Crippen LogP contribution in [0.4, 0.5) is 0 Å². The highest BCUT2D eigenvalue weighted by molar-refractivity contribution is 7.13. The summed E-state index contributed by atoms with van der Waals surface area (Å²) >= 11 is 1.64. The second kappa shape index (κ2) is 7.83. The molecule has 2 aromatic carbocycles. The van der Waals surface area contributed by atoms with E-state index in [-0.39, 0.29) is 11.3 Å². The largest absolute Gasteiger partial charge is 0.352 e. The summed E-state index contributed by atoms with van der Waals surface area (Å²) in [6.07, 6.45) is 0.731. The van der Waals surface area contributed by atoms with Gasteiger partial charge in [-0.1, -0.05) is 63.2 Å². The number of nitrogens with zero attached hydrogens (tertiary/aromatic N) is 1. The van der Waals surface area contributed by atoms with Gasteiger partial charge < -0.3 is 5.32 Å². The van der Waals surface area contributed by atoms with Gasteiger partial charge in [0.2, 0.25) is 0 Å². The van der Waals surface area contributed by atoms with Crippen LogP contribution in [-0.2, 0) is 11.8 Å². The van der Waals surface area contributed by atoms with Crippen molar-refractivity contribution in [3.05, 3.63) is 76.8 Å². The van der Waals surface area contributed by atoms with E-state index in [9.17, 15) is 4.79 Å². The summed E-state index contributed by atoms with van der Waals surface area (Å²) < 4.78 is 0. The summed E-state index contributed by atoms with van der Waals surface area (Å²) in [5, 5.41) is 6.06. The molecule has 0 fully saturated rings. The predicted octanol–water partition coefficient (Wildman–Crippen LogP) is 5.08. The molecule has 0 unspecified atom stereocenters. The average molecular weight is 365 g/mol. The van der Waals surface area contributed by atoms with E-state index in [4.69, 9.17) is 0 Å². The van der Waals surface area contributed by atoms with Crippen LogP contribution >= 0.6 is 11.3 Å². The molecule has 0 atom stereocenters. The van der Waals surface area contributed by atoms with Crippen LogP contribution in [0.3, 0.4) is 0 Å². The first kappa shape index (κ1) is 18.3. The van der Waals surface area contributed by atoms with Crippen LogP contribution in [0, 0.1) is 0 Å². The van der Waals surface area contributed by atoms with Crippen molar-refractivity contribution in [2.75, 3.05) is 6.54 Å². The number of nitrogens with one attached hydrogen (secondary N) is 1. The third-order valence-corrected chi connectivity index (χ3v) is 5.19. The van der Waals surface area contributed by atoms with Crippen molar-refractivity contribution >= 4 is 17.2 Å². The first-order valence-electron chi connectivity index (χ1n) is 8.82. The molecule has 3 nitrogen and oxygen atoms in total. The van der Waals surface area contributed by atoms with Gasteiger partial charge in [-0.05, 0) is 23.1 Å². The lowest BCUT2D eigenvalue weighted by molar-refractivity contribution is 0.0954. The van der Waals surface area contributed by atoms with Gasteiger partial charge in [0.1, 0.15) is 5.01 Å². The van der Waals surface area contributed by atoms with Crippen LogP contribution in [-0.4, -0.2) is 17.4 Å². The molecular formula is C22H24N2OS. The van der Waals surface area contributed by atoms with Crippen LogP contribution in [0.1, 0.15) is 42.4 Å². The molecule has 0 bridgehead atoms. The van der Waals surface area contributed by atoms with Crippen LogP contribution in [0.25, 0.3) is 10.6 Å². The summed E-state index contributed by atoms with van der Waals surface area (Å²) in [6.45, 7) is 7.08. The Balaban J connectivity index is 1.53. The third-order valence-electron chi connectivity index (χ3n) is 4.25. The maximum atomic E-state index is 12.3. The Kier molecular flexibility index (Phi) is 5.52. The van der Waals surface area contributed by atoms with Crippen molar-refractivity contribution in [2.45, 2.75) is 32.6 Å². The zero-order chi connectivity index (χ0) is 18.6. The van der Waals surface area contributed by atoms with Gasteiger partial charge in [0, 0.05) is 29.5 Å². The molecule has 3 rings (SSSR count). The lowest BCUT2D eigenvalue weighted by atomic mass is 9.87. The monoisotopic (exact) mass is 364 g/mol. The third kappa shape index (κ3) is 4.58. The molecule has 3 aromatic rings. The number of thiazole rings is 1. The first-order chi connectivity index (χ1) is 12.4. The second-order valence-corrected chi connectivity index (χ2v) is 8.20. The van der Waals surface area contributed by atoms with Gasteiger partial charge in [0.25, 0.3) is 5.91 Å². The van der Waals surface area contributed by atoms with Gasteiger partial charge in [0.05, 0.1) is 5.69 Å². The van der Waals surface area contributed by atoms with Gasteiger partial charge in [-0.15, -0.1) is 11.3 Å². The molecule has 0 saturated carbocycles. The maximum absolute atomic E-state index is 12.3. The smallest absolute Gasteiger partial charge is 0.251 e. The van der Waals surface area contributed by atoms with Crippen LogP contribution in [0.15, 0.2) is 60.0 Å². The normalized spacial score (nSPS) is 11.3. The molecule has 26 heavy (non-hydrogen) atoms. The molecule has 1 amide bonds. The molecule has 0 aliphatic heterocycles. The van der Waals surface area contributed by atoms with Gasteiger partial charge in [-0.2, -0.15) is 0 Å². The van der Waals surface area contributed by atoms with E-state index in [1.165, 1.54) is 5.56 Å². The second-order valence-electron chi connectivity index (χ2n) is 7.34. The molecule has 0 aliphatic rings. The minimum Gasteiger partial charge on any atom is -0.352 e. The van der Waals surface area contributed by atoms with Crippen molar-refractivity contribution in [3.63, 3.8) is 0 Å². The highest BCUT2D eigenvalue weighted by Crippen LogP contribution is 2.23. The van der Waals surface area contributed by atoms with E-state index < -0.39 is 0 Å². The lowest BCUT2D eigenvalue weighted by Crippen LogP contribution is -2.25. The summed E-state index contributed by atoms with van der Waals surface area (Å²) in [5.74, 6) is -0.0380. The number of hydrogen-bond donors (Lipinski definition) is 1. The zero-order valence-electron chi connectivity index (χ0n) is 15.5. The van der Waals surface area contributed by atoms with E-state index in [1.54, 1.807) is 11.3 Å². The quantitative estimate of drug-likeness (QED) is 0.686. The van der Waals surface area contributed by atoms with Crippen molar-refractivity contribution < 1.29 is 4.79 Å². The fraction of sp³-hybridized carbons (Fsp3) is 0.273. The summed E-state index contributed by atoms with van der Waals surface area (Å²) in [6, 6.07) is 18.0. The minimum absolute atomic E-state index is 0.0380. The Labute approximate surface area is 159 Å². The molecule has 0 aliphatic carbocycles. The number of amides is 1. The Bertz CT molecular complexity index is 861. The van der Waals surface area contributed by atoms with Crippen LogP contribution in [0.5, 0.6) is 0 Å². The number of aromatic nitrogens is 1. The highest BCUT2D eigenvalue weighted by Gasteiger charge is 2.14. The highest BCUT2D eigenvalue weighted by atomic mass is 32.1. The van der Waals surface area contributed by atoms with Crippen LogP contribution in [0.2, 0.25) is 0 Å². The molecular weight excluding hydrogens is 340 g/mol. The van der Waals surface area contributed by atoms with Gasteiger partial charge in [0.15, 0.2) is 0 Å². The topological polar surface area (TPSA) is 42.0 Å². The standard InChI is InChI=1S/C22H24N2OS/c1-22(2,3)18-11-9-16(10-12-18)20(25)23-14-13-19-15-26-21(24-19)17-7-5-4-6-8-17/h4-12,15H,13-14H2,1-3H3,(H,23,25). The van der Waals surface area contributed by atoms with Crippen molar-refractivity contribution in [1.82, 2.24) is 10.3 Å². The summed E-state index contributed by atoms with van der Waals surface area (Å²) in [4.78, 5) is 16.9. The van der Waals surface area contributed by atoms with E-state index in [0.717, 1.165) is 22.7 Å². The van der Waals surface area contributed by atoms with Gasteiger partial charge >= 0.3 is 0 Å². The Morgan fingerprint density at radius 3 is 2.38 bits per heavy atom. The molecule has 0 saturated heterocycles. The first-order valence-corrected chi connectivity index (χ1v) is 9.70. The van der Waals surface area contributed by atoms with Gasteiger partial charge in [-0.25, -0.2) is 4.98 Å². The van der Waals surface area contributed by atoms with E-state index in [1.807, 2.05) is 42.5 Å². The Morgan fingerprint density at radius 1 is 1.04 bits per heavy atom. The van der Waals surface area contributed by atoms with Gasteiger partial charge in [-0.3, -0.25) is 4.79 Å².